The first-order valence-corrected chi connectivity index (χ1v) is 7.75. The summed E-state index contributed by atoms with van der Waals surface area (Å²) < 4.78 is 0. The number of thiazole rings is 1. The number of nitrogens with two attached hydrogens (primary N) is 1. The summed E-state index contributed by atoms with van der Waals surface area (Å²) in [6.45, 7) is 0.804. The smallest absolute Gasteiger partial charge is 0.245 e. The number of likely N-dealkylation sites (tertiary alicyclic amines) is 1. The molecule has 3 rings (SSSR count). The van der Waals surface area contributed by atoms with Crippen LogP contribution in [0.4, 0.5) is 5.13 Å². The Hall–Kier alpha value is -1.18. The van der Waals surface area contributed by atoms with Crippen molar-refractivity contribution >= 4 is 40.7 Å². The molecule has 0 aromatic carbocycles. The molecule has 1 atom stereocenters. The lowest BCUT2D eigenvalue weighted by molar-refractivity contribution is -0.131. The first kappa shape index (κ1) is 16.2. The zero-order valence-electron chi connectivity index (χ0n) is 11.6. The van der Waals surface area contributed by atoms with E-state index in [0.717, 1.165) is 31.4 Å². The van der Waals surface area contributed by atoms with Crippen LogP contribution in [0.5, 0.6) is 0 Å². The zero-order valence-corrected chi connectivity index (χ0v) is 13.3. The Bertz CT molecular complexity index is 548. The normalized spacial score (nSPS) is 20.9. The second kappa shape index (κ2) is 6.72. The van der Waals surface area contributed by atoms with Gasteiger partial charge in [0.1, 0.15) is 0 Å². The molecule has 6 nitrogen and oxygen atoms in total. The second-order valence-electron chi connectivity index (χ2n) is 5.36. The summed E-state index contributed by atoms with van der Waals surface area (Å²) in [5.41, 5.74) is 6.99. The number of nitrogens with one attached hydrogen (secondary N) is 1. The molecule has 116 valence electrons. The highest BCUT2D eigenvalue weighted by Crippen LogP contribution is 2.29. The molecule has 0 spiro atoms. The molecule has 1 aromatic rings. The second-order valence-corrected chi connectivity index (χ2v) is 6.44. The van der Waals surface area contributed by atoms with Gasteiger partial charge in [-0.15, -0.1) is 23.7 Å². The topological polar surface area (TPSA) is 88.3 Å². The number of amides is 2. The Morgan fingerprint density at radius 2 is 2.29 bits per heavy atom. The predicted molar refractivity (Wildman–Crippen MR) is 83.8 cm³/mol. The third-order valence-electron chi connectivity index (χ3n) is 3.73. The van der Waals surface area contributed by atoms with Gasteiger partial charge in [0, 0.05) is 23.9 Å². The number of hydrogen-bond donors (Lipinski definition) is 2. The number of hydrogen-bond acceptors (Lipinski definition) is 5. The highest BCUT2D eigenvalue weighted by molar-refractivity contribution is 7.15. The average molecular weight is 331 g/mol. The highest BCUT2D eigenvalue weighted by Gasteiger charge is 2.24. The van der Waals surface area contributed by atoms with Crippen molar-refractivity contribution in [2.75, 3.05) is 18.4 Å². The lowest BCUT2D eigenvalue weighted by atomic mass is 9.99. The number of carbonyl (C=O) groups excluding carboxylic acids is 2. The minimum Gasteiger partial charge on any atom is -0.333 e. The molecule has 0 unspecified atom stereocenters. The Morgan fingerprint density at radius 3 is 3.00 bits per heavy atom. The Labute approximate surface area is 133 Å². The molecular weight excluding hydrogens is 312 g/mol. The Balaban J connectivity index is 0.00000161. The molecule has 8 heteroatoms. The van der Waals surface area contributed by atoms with Crippen molar-refractivity contribution in [3.63, 3.8) is 0 Å². The van der Waals surface area contributed by atoms with Crippen molar-refractivity contribution < 1.29 is 9.59 Å². The third kappa shape index (κ3) is 3.72. The standard InChI is InChI=1S/C13H18N4O2S.ClH/c14-8-3-4-9-10(6-8)20-13(15-9)16-11(18)7-17-5-1-2-12(17)19;/h8H,1-7,14H2,(H,15,16,18);1H/t8-;/m0./s1. The summed E-state index contributed by atoms with van der Waals surface area (Å²) in [4.78, 5) is 30.6. The third-order valence-corrected chi connectivity index (χ3v) is 4.77. The van der Waals surface area contributed by atoms with E-state index >= 15 is 0 Å². The molecule has 1 saturated heterocycles. The molecule has 0 bridgehead atoms. The van der Waals surface area contributed by atoms with Crippen LogP contribution in [-0.2, 0) is 22.4 Å². The summed E-state index contributed by atoms with van der Waals surface area (Å²) in [6.07, 6.45) is 4.07. The number of aromatic nitrogens is 1. The van der Waals surface area contributed by atoms with Crippen molar-refractivity contribution in [3.8, 4) is 0 Å². The molecule has 1 aliphatic carbocycles. The largest absolute Gasteiger partial charge is 0.333 e. The average Bonchev–Trinajstić information content (AvgIpc) is 2.95. The maximum Gasteiger partial charge on any atom is 0.245 e. The number of carbonyl (C=O) groups is 2. The van der Waals surface area contributed by atoms with E-state index in [1.54, 1.807) is 4.90 Å². The summed E-state index contributed by atoms with van der Waals surface area (Å²) in [7, 11) is 0. The maximum atomic E-state index is 11.9. The van der Waals surface area contributed by atoms with E-state index in [4.69, 9.17) is 5.73 Å². The van der Waals surface area contributed by atoms with Gasteiger partial charge in [-0.25, -0.2) is 4.98 Å². The lowest BCUT2D eigenvalue weighted by Crippen LogP contribution is -2.33. The van der Waals surface area contributed by atoms with Gasteiger partial charge < -0.3 is 16.0 Å². The number of nitrogens with zero attached hydrogens (tertiary/aromatic N) is 2. The Morgan fingerprint density at radius 1 is 1.48 bits per heavy atom. The van der Waals surface area contributed by atoms with Gasteiger partial charge in [-0.2, -0.15) is 0 Å². The molecule has 21 heavy (non-hydrogen) atoms. The van der Waals surface area contributed by atoms with Gasteiger partial charge in [0.25, 0.3) is 0 Å². The molecule has 3 N–H and O–H groups in total. The van der Waals surface area contributed by atoms with Crippen molar-refractivity contribution in [2.24, 2.45) is 5.73 Å². The summed E-state index contributed by atoms with van der Waals surface area (Å²) in [6, 6.07) is 0.203. The van der Waals surface area contributed by atoms with Crippen LogP contribution >= 0.6 is 23.7 Å². The number of rotatable bonds is 3. The monoisotopic (exact) mass is 330 g/mol. The molecule has 2 heterocycles. The first-order valence-electron chi connectivity index (χ1n) is 6.93. The van der Waals surface area contributed by atoms with Gasteiger partial charge >= 0.3 is 0 Å². The van der Waals surface area contributed by atoms with Crippen LogP contribution in [0, 0.1) is 0 Å². The lowest BCUT2D eigenvalue weighted by Gasteiger charge is -2.15. The van der Waals surface area contributed by atoms with E-state index in [1.165, 1.54) is 16.2 Å². The van der Waals surface area contributed by atoms with Gasteiger partial charge in [-0.05, 0) is 25.7 Å². The van der Waals surface area contributed by atoms with Crippen LogP contribution in [0.2, 0.25) is 0 Å². The van der Waals surface area contributed by atoms with Crippen LogP contribution < -0.4 is 11.1 Å². The molecule has 1 aromatic heterocycles. The molecule has 2 amide bonds. The van der Waals surface area contributed by atoms with Gasteiger partial charge in [-0.1, -0.05) is 0 Å². The molecule has 0 saturated carbocycles. The van der Waals surface area contributed by atoms with E-state index in [1.807, 2.05) is 0 Å². The number of fused-ring (bicyclic) bond motifs is 1. The van der Waals surface area contributed by atoms with E-state index in [0.29, 0.717) is 18.1 Å². The van der Waals surface area contributed by atoms with Gasteiger partial charge in [0.15, 0.2) is 5.13 Å². The number of halogens is 1. The predicted octanol–water partition coefficient (Wildman–Crippen LogP) is 0.942. The van der Waals surface area contributed by atoms with Crippen molar-refractivity contribution in [3.05, 3.63) is 10.6 Å². The first-order chi connectivity index (χ1) is 9.61. The van der Waals surface area contributed by atoms with E-state index in [2.05, 4.69) is 10.3 Å². The fourth-order valence-corrected chi connectivity index (χ4v) is 3.77. The van der Waals surface area contributed by atoms with Crippen LogP contribution in [-0.4, -0.2) is 40.8 Å². The minimum atomic E-state index is -0.171. The molecule has 1 aliphatic heterocycles. The van der Waals surface area contributed by atoms with Crippen LogP contribution in [0.25, 0.3) is 0 Å². The number of aryl methyl sites for hydroxylation is 1. The summed E-state index contributed by atoms with van der Waals surface area (Å²) >= 11 is 1.50. The van der Waals surface area contributed by atoms with Crippen LogP contribution in [0.3, 0.4) is 0 Å². The zero-order chi connectivity index (χ0) is 14.1. The van der Waals surface area contributed by atoms with Gasteiger partial charge in [0.2, 0.25) is 11.8 Å². The molecule has 2 aliphatic rings. The van der Waals surface area contributed by atoms with Gasteiger partial charge in [-0.3, -0.25) is 9.59 Å². The van der Waals surface area contributed by atoms with E-state index in [-0.39, 0.29) is 36.8 Å². The van der Waals surface area contributed by atoms with Crippen LogP contribution in [0.1, 0.15) is 29.8 Å². The van der Waals surface area contributed by atoms with Crippen LogP contribution in [0.15, 0.2) is 0 Å². The molecule has 1 fully saturated rings. The quantitative estimate of drug-likeness (QED) is 0.863. The minimum absolute atomic E-state index is 0. The number of anilines is 1. The maximum absolute atomic E-state index is 11.9. The SMILES string of the molecule is Cl.N[C@H]1CCc2nc(NC(=O)CN3CCCC3=O)sc2C1. The molecular formula is C13H19ClN4O2S. The summed E-state index contributed by atoms with van der Waals surface area (Å²) in [5, 5.41) is 3.42. The highest BCUT2D eigenvalue weighted by atomic mass is 35.5. The molecule has 0 radical (unpaired) electrons. The Kier molecular flexibility index (Phi) is 5.18. The fraction of sp³-hybridized carbons (Fsp3) is 0.615. The van der Waals surface area contributed by atoms with E-state index < -0.39 is 0 Å². The fourth-order valence-electron chi connectivity index (χ4n) is 2.66. The van der Waals surface area contributed by atoms with Crippen molar-refractivity contribution in [1.82, 2.24) is 9.88 Å². The van der Waals surface area contributed by atoms with Gasteiger partial charge in [0.05, 0.1) is 12.2 Å². The summed E-state index contributed by atoms with van der Waals surface area (Å²) in [5.74, 6) is -0.111. The van der Waals surface area contributed by atoms with Crippen molar-refractivity contribution in [1.29, 1.82) is 0 Å². The van der Waals surface area contributed by atoms with E-state index in [9.17, 15) is 9.59 Å². The van der Waals surface area contributed by atoms with Crippen molar-refractivity contribution in [2.45, 2.75) is 38.1 Å².